The zero-order valence-electron chi connectivity index (χ0n) is 10.7. The second kappa shape index (κ2) is 6.12. The fourth-order valence-corrected chi connectivity index (χ4v) is 2.54. The highest BCUT2D eigenvalue weighted by atomic mass is 19.1. The molecule has 1 unspecified atom stereocenters. The quantitative estimate of drug-likeness (QED) is 0.874. The molecule has 0 radical (unpaired) electrons. The van der Waals surface area contributed by atoms with Gasteiger partial charge in [0.25, 0.3) is 0 Å². The number of nitrogens with zero attached hydrogens (tertiary/aromatic N) is 1. The smallest absolute Gasteiger partial charge is 0.338 e. The summed E-state index contributed by atoms with van der Waals surface area (Å²) < 4.78 is 13.6. The van der Waals surface area contributed by atoms with E-state index < -0.39 is 11.8 Å². The van der Waals surface area contributed by atoms with Crippen LogP contribution in [0.2, 0.25) is 0 Å². The molecule has 0 spiro atoms. The van der Waals surface area contributed by atoms with Crippen LogP contribution in [-0.4, -0.2) is 40.3 Å². The van der Waals surface area contributed by atoms with Crippen LogP contribution < -0.4 is 0 Å². The predicted octanol–water partition coefficient (Wildman–Crippen LogP) is 1.87. The zero-order chi connectivity index (χ0) is 13.8. The number of aliphatic hydroxyl groups is 1. The lowest BCUT2D eigenvalue weighted by Gasteiger charge is -2.34. The van der Waals surface area contributed by atoms with Crippen molar-refractivity contribution in [1.82, 2.24) is 4.90 Å². The van der Waals surface area contributed by atoms with Crippen LogP contribution in [0.3, 0.4) is 0 Å². The lowest BCUT2D eigenvalue weighted by Crippen LogP contribution is -2.41. The molecular weight excluding hydrogens is 249 g/mol. The van der Waals surface area contributed by atoms with Crippen LogP contribution in [-0.2, 0) is 6.54 Å². The third-order valence-electron chi connectivity index (χ3n) is 3.61. The van der Waals surface area contributed by atoms with E-state index >= 15 is 0 Å². The number of halogens is 1. The molecule has 0 aromatic heterocycles. The fraction of sp³-hybridized carbons (Fsp3) is 0.500. The van der Waals surface area contributed by atoms with E-state index in [1.807, 2.05) is 0 Å². The fourth-order valence-electron chi connectivity index (χ4n) is 2.54. The van der Waals surface area contributed by atoms with Gasteiger partial charge in [0.05, 0.1) is 12.2 Å². The Morgan fingerprint density at radius 3 is 2.84 bits per heavy atom. The molecule has 1 aromatic rings. The number of piperidine rings is 1. The van der Waals surface area contributed by atoms with Crippen molar-refractivity contribution in [2.45, 2.75) is 31.8 Å². The first-order valence-corrected chi connectivity index (χ1v) is 6.48. The van der Waals surface area contributed by atoms with E-state index in [1.165, 1.54) is 12.1 Å². The summed E-state index contributed by atoms with van der Waals surface area (Å²) in [7, 11) is 0. The third kappa shape index (κ3) is 3.30. The minimum Gasteiger partial charge on any atom is -0.478 e. The number of hydrogen-bond acceptors (Lipinski definition) is 3. The van der Waals surface area contributed by atoms with Crippen molar-refractivity contribution in [1.29, 1.82) is 0 Å². The zero-order valence-corrected chi connectivity index (χ0v) is 10.7. The summed E-state index contributed by atoms with van der Waals surface area (Å²) in [5, 5.41) is 18.1. The predicted molar refractivity (Wildman–Crippen MR) is 68.5 cm³/mol. The molecule has 1 heterocycles. The lowest BCUT2D eigenvalue weighted by molar-refractivity contribution is 0.0691. The lowest BCUT2D eigenvalue weighted by atomic mass is 10.0. The first-order chi connectivity index (χ1) is 9.11. The van der Waals surface area contributed by atoms with Gasteiger partial charge in [-0.2, -0.15) is 0 Å². The molecule has 5 heteroatoms. The van der Waals surface area contributed by atoms with Gasteiger partial charge in [-0.1, -0.05) is 12.5 Å². The van der Waals surface area contributed by atoms with Crippen LogP contribution in [0, 0.1) is 5.82 Å². The van der Waals surface area contributed by atoms with Gasteiger partial charge >= 0.3 is 5.97 Å². The van der Waals surface area contributed by atoms with Crippen LogP contribution in [0.4, 0.5) is 4.39 Å². The average molecular weight is 267 g/mol. The highest BCUT2D eigenvalue weighted by Gasteiger charge is 2.22. The van der Waals surface area contributed by atoms with E-state index in [9.17, 15) is 14.3 Å². The molecule has 4 nitrogen and oxygen atoms in total. The van der Waals surface area contributed by atoms with E-state index in [1.54, 1.807) is 6.07 Å². The Morgan fingerprint density at radius 1 is 1.42 bits per heavy atom. The van der Waals surface area contributed by atoms with Crippen LogP contribution >= 0.6 is 0 Å². The summed E-state index contributed by atoms with van der Waals surface area (Å²) in [5.41, 5.74) is 0.434. The highest BCUT2D eigenvalue weighted by molar-refractivity contribution is 5.87. The van der Waals surface area contributed by atoms with Crippen LogP contribution in [0.1, 0.15) is 35.2 Å². The average Bonchev–Trinajstić information content (AvgIpc) is 2.39. The van der Waals surface area contributed by atoms with E-state index in [0.29, 0.717) is 6.54 Å². The number of carboxylic acid groups (broad SMARTS) is 1. The number of carboxylic acids is 1. The Balaban J connectivity index is 2.10. The molecule has 0 amide bonds. The van der Waals surface area contributed by atoms with Crippen molar-refractivity contribution in [3.63, 3.8) is 0 Å². The molecule has 1 aliphatic heterocycles. The number of likely N-dealkylation sites (tertiary alicyclic amines) is 1. The van der Waals surface area contributed by atoms with E-state index in [4.69, 9.17) is 5.11 Å². The third-order valence-corrected chi connectivity index (χ3v) is 3.61. The van der Waals surface area contributed by atoms with E-state index in [2.05, 4.69) is 4.90 Å². The molecule has 1 aliphatic rings. The molecule has 1 atom stereocenters. The van der Waals surface area contributed by atoms with Crippen molar-refractivity contribution >= 4 is 5.97 Å². The normalized spacial score (nSPS) is 20.4. The minimum absolute atomic E-state index is 0.107. The molecular formula is C14H18FNO3. The Bertz CT molecular complexity index is 464. The maximum atomic E-state index is 13.6. The van der Waals surface area contributed by atoms with Gasteiger partial charge < -0.3 is 10.2 Å². The monoisotopic (exact) mass is 267 g/mol. The van der Waals surface area contributed by atoms with Gasteiger partial charge in [-0.25, -0.2) is 9.18 Å². The molecule has 0 aliphatic carbocycles. The summed E-state index contributed by atoms with van der Waals surface area (Å²) in [6.07, 6.45) is 3.13. The van der Waals surface area contributed by atoms with Crippen LogP contribution in [0.25, 0.3) is 0 Å². The maximum Gasteiger partial charge on any atom is 0.338 e. The highest BCUT2D eigenvalue weighted by Crippen LogP contribution is 2.20. The maximum absolute atomic E-state index is 13.6. The van der Waals surface area contributed by atoms with Gasteiger partial charge in [-0.3, -0.25) is 4.90 Å². The first-order valence-electron chi connectivity index (χ1n) is 6.48. The van der Waals surface area contributed by atoms with Crippen molar-refractivity contribution in [3.05, 3.63) is 35.1 Å². The number of rotatable bonds is 4. The van der Waals surface area contributed by atoms with Crippen molar-refractivity contribution in [2.75, 3.05) is 13.2 Å². The number of benzene rings is 1. The molecule has 1 saturated heterocycles. The Morgan fingerprint density at radius 2 is 2.21 bits per heavy atom. The minimum atomic E-state index is -1.25. The Hall–Kier alpha value is -1.46. The van der Waals surface area contributed by atoms with Crippen molar-refractivity contribution < 1.29 is 19.4 Å². The summed E-state index contributed by atoms with van der Waals surface area (Å²) in [6, 6.07) is 4.32. The molecule has 2 rings (SSSR count). The van der Waals surface area contributed by atoms with Gasteiger partial charge in [0.15, 0.2) is 0 Å². The summed E-state index contributed by atoms with van der Waals surface area (Å²) in [6.45, 7) is 1.53. The number of hydrogen-bond donors (Lipinski definition) is 2. The summed E-state index contributed by atoms with van der Waals surface area (Å²) in [5.74, 6) is -1.96. The molecule has 0 bridgehead atoms. The summed E-state index contributed by atoms with van der Waals surface area (Å²) in [4.78, 5) is 12.9. The van der Waals surface area contributed by atoms with Crippen LogP contribution in [0.15, 0.2) is 18.2 Å². The van der Waals surface area contributed by atoms with Crippen LogP contribution in [0.5, 0.6) is 0 Å². The molecule has 104 valence electrons. The molecule has 2 N–H and O–H groups in total. The Labute approximate surface area is 111 Å². The van der Waals surface area contributed by atoms with E-state index in [-0.39, 0.29) is 18.2 Å². The number of aliphatic hydroxyl groups excluding tert-OH is 1. The van der Waals surface area contributed by atoms with Gasteiger partial charge in [0, 0.05) is 12.6 Å². The second-order valence-corrected chi connectivity index (χ2v) is 4.92. The SMILES string of the molecule is O=C(O)c1ccc(CN2CCCCC2CO)cc1F. The van der Waals surface area contributed by atoms with Gasteiger partial charge in [0.2, 0.25) is 0 Å². The van der Waals surface area contributed by atoms with Gasteiger partial charge in [-0.15, -0.1) is 0 Å². The van der Waals surface area contributed by atoms with E-state index in [0.717, 1.165) is 31.4 Å². The van der Waals surface area contributed by atoms with Gasteiger partial charge in [0.1, 0.15) is 5.82 Å². The second-order valence-electron chi connectivity index (χ2n) is 4.92. The Kier molecular flexibility index (Phi) is 4.50. The standard InChI is InChI=1S/C14H18FNO3/c15-13-7-10(4-5-12(13)14(18)19)8-16-6-2-1-3-11(16)9-17/h4-5,7,11,17H,1-3,6,8-9H2,(H,18,19). The molecule has 1 aromatic carbocycles. The van der Waals surface area contributed by atoms with Crippen molar-refractivity contribution in [2.24, 2.45) is 0 Å². The van der Waals surface area contributed by atoms with Crippen molar-refractivity contribution in [3.8, 4) is 0 Å². The largest absolute Gasteiger partial charge is 0.478 e. The number of carbonyl (C=O) groups is 1. The summed E-state index contributed by atoms with van der Waals surface area (Å²) >= 11 is 0. The first kappa shape index (κ1) is 14.0. The molecule has 0 saturated carbocycles. The molecule has 19 heavy (non-hydrogen) atoms. The topological polar surface area (TPSA) is 60.8 Å². The van der Waals surface area contributed by atoms with Gasteiger partial charge in [-0.05, 0) is 37.1 Å². The molecule has 1 fully saturated rings. The number of aromatic carboxylic acids is 1.